The lowest BCUT2D eigenvalue weighted by Crippen LogP contribution is -2.25. The van der Waals surface area contributed by atoms with Gasteiger partial charge in [0.15, 0.2) is 0 Å². The first kappa shape index (κ1) is 16.7. The van der Waals surface area contributed by atoms with E-state index in [9.17, 15) is 18.0 Å². The quantitative estimate of drug-likeness (QED) is 0.842. The smallest absolute Gasteiger partial charge is 0.276 e. The van der Waals surface area contributed by atoms with Gasteiger partial charge in [-0.1, -0.05) is 6.07 Å². The number of benzene rings is 1. The van der Waals surface area contributed by atoms with Crippen molar-refractivity contribution in [3.8, 4) is 0 Å². The van der Waals surface area contributed by atoms with Gasteiger partial charge in [-0.3, -0.25) is 14.3 Å². The van der Waals surface area contributed by atoms with Crippen LogP contribution >= 0.6 is 0 Å². The van der Waals surface area contributed by atoms with Crippen molar-refractivity contribution in [3.05, 3.63) is 52.4 Å². The predicted molar refractivity (Wildman–Crippen MR) is 87.0 cm³/mol. The number of hydrogen-bond donors (Lipinski definition) is 2. The van der Waals surface area contributed by atoms with Gasteiger partial charge in [-0.2, -0.15) is 5.10 Å². The van der Waals surface area contributed by atoms with Crippen molar-refractivity contribution in [2.45, 2.75) is 13.5 Å². The minimum absolute atomic E-state index is 0.0907. The van der Waals surface area contributed by atoms with Crippen LogP contribution in [0.3, 0.4) is 0 Å². The average molecular weight is 336 g/mol. The molecular formula is C14H16N4O4S. The highest BCUT2D eigenvalue weighted by molar-refractivity contribution is 7.92. The van der Waals surface area contributed by atoms with E-state index in [4.69, 9.17) is 0 Å². The van der Waals surface area contributed by atoms with Gasteiger partial charge >= 0.3 is 0 Å². The Morgan fingerprint density at radius 3 is 2.57 bits per heavy atom. The van der Waals surface area contributed by atoms with E-state index in [1.807, 2.05) is 0 Å². The topological polar surface area (TPSA) is 110 Å². The molecule has 0 aliphatic rings. The minimum atomic E-state index is -3.40. The Morgan fingerprint density at radius 2 is 1.91 bits per heavy atom. The van der Waals surface area contributed by atoms with Crippen molar-refractivity contribution in [1.29, 1.82) is 0 Å². The molecule has 1 aromatic heterocycles. The molecule has 2 rings (SSSR count). The molecule has 0 aliphatic heterocycles. The van der Waals surface area contributed by atoms with Gasteiger partial charge in [0, 0.05) is 18.3 Å². The fourth-order valence-corrected chi connectivity index (χ4v) is 2.42. The van der Waals surface area contributed by atoms with Crippen LogP contribution in [0.2, 0.25) is 0 Å². The number of rotatable bonds is 5. The maximum atomic E-state index is 12.2. The van der Waals surface area contributed by atoms with Crippen LogP contribution in [0.4, 0.5) is 11.4 Å². The third-order valence-corrected chi connectivity index (χ3v) is 3.43. The minimum Gasteiger partial charge on any atom is -0.321 e. The van der Waals surface area contributed by atoms with Gasteiger partial charge in [-0.25, -0.2) is 13.1 Å². The zero-order chi connectivity index (χ0) is 17.0. The SMILES string of the molecule is CCn1nc(C(=O)Nc2cccc(NS(C)(=O)=O)c2)ccc1=O. The number of aryl methyl sites for hydroxylation is 1. The van der Waals surface area contributed by atoms with Crippen LogP contribution in [0.25, 0.3) is 0 Å². The van der Waals surface area contributed by atoms with E-state index < -0.39 is 15.9 Å². The van der Waals surface area contributed by atoms with Crippen molar-refractivity contribution in [1.82, 2.24) is 9.78 Å². The van der Waals surface area contributed by atoms with E-state index in [0.717, 1.165) is 6.26 Å². The summed E-state index contributed by atoms with van der Waals surface area (Å²) >= 11 is 0. The molecule has 0 unspecified atom stereocenters. The largest absolute Gasteiger partial charge is 0.321 e. The summed E-state index contributed by atoms with van der Waals surface area (Å²) in [4.78, 5) is 23.6. The maximum absolute atomic E-state index is 12.2. The Balaban J connectivity index is 2.20. The summed E-state index contributed by atoms with van der Waals surface area (Å²) in [6.45, 7) is 2.10. The molecule has 0 atom stereocenters. The Labute approximate surface area is 133 Å². The van der Waals surface area contributed by atoms with E-state index in [2.05, 4.69) is 15.1 Å². The van der Waals surface area contributed by atoms with E-state index in [0.29, 0.717) is 17.9 Å². The van der Waals surface area contributed by atoms with Crippen molar-refractivity contribution in [2.24, 2.45) is 0 Å². The molecule has 0 fully saturated rings. The second kappa shape index (κ2) is 6.61. The van der Waals surface area contributed by atoms with Crippen LogP contribution in [0.15, 0.2) is 41.2 Å². The monoisotopic (exact) mass is 336 g/mol. The lowest BCUT2D eigenvalue weighted by Gasteiger charge is -2.09. The second-order valence-electron chi connectivity index (χ2n) is 4.78. The number of carbonyl (C=O) groups excluding carboxylic acids is 1. The molecule has 8 nitrogen and oxygen atoms in total. The summed E-state index contributed by atoms with van der Waals surface area (Å²) in [6.07, 6.45) is 1.04. The van der Waals surface area contributed by atoms with Crippen LogP contribution in [-0.2, 0) is 16.6 Å². The van der Waals surface area contributed by atoms with Crippen LogP contribution < -0.4 is 15.6 Å². The lowest BCUT2D eigenvalue weighted by molar-refractivity contribution is 0.102. The highest BCUT2D eigenvalue weighted by Gasteiger charge is 2.10. The van der Waals surface area contributed by atoms with Crippen molar-refractivity contribution in [3.63, 3.8) is 0 Å². The Kier molecular flexibility index (Phi) is 4.80. The van der Waals surface area contributed by atoms with Gasteiger partial charge in [0.25, 0.3) is 11.5 Å². The van der Waals surface area contributed by atoms with E-state index in [1.54, 1.807) is 25.1 Å². The fourth-order valence-electron chi connectivity index (χ4n) is 1.87. The summed E-state index contributed by atoms with van der Waals surface area (Å²) < 4.78 is 25.9. The highest BCUT2D eigenvalue weighted by atomic mass is 32.2. The normalized spacial score (nSPS) is 11.0. The second-order valence-corrected chi connectivity index (χ2v) is 6.53. The first-order valence-corrected chi connectivity index (χ1v) is 8.65. The Hall–Kier alpha value is -2.68. The molecule has 2 N–H and O–H groups in total. The zero-order valence-corrected chi connectivity index (χ0v) is 13.4. The molecule has 0 aliphatic carbocycles. The summed E-state index contributed by atoms with van der Waals surface area (Å²) in [6, 6.07) is 8.86. The summed E-state index contributed by atoms with van der Waals surface area (Å²) in [5.74, 6) is -0.497. The summed E-state index contributed by atoms with van der Waals surface area (Å²) in [5, 5.41) is 6.55. The third-order valence-electron chi connectivity index (χ3n) is 2.82. The first-order valence-electron chi connectivity index (χ1n) is 6.76. The number of amides is 1. The van der Waals surface area contributed by atoms with Gasteiger partial charge in [-0.15, -0.1) is 0 Å². The number of hydrogen-bond acceptors (Lipinski definition) is 5. The van der Waals surface area contributed by atoms with E-state index >= 15 is 0 Å². The van der Waals surface area contributed by atoms with Crippen molar-refractivity contribution < 1.29 is 13.2 Å². The fraction of sp³-hybridized carbons (Fsp3) is 0.214. The summed E-state index contributed by atoms with van der Waals surface area (Å²) in [5.41, 5.74) is 0.535. The van der Waals surface area contributed by atoms with Gasteiger partial charge in [0.2, 0.25) is 10.0 Å². The van der Waals surface area contributed by atoms with Crippen LogP contribution in [0.1, 0.15) is 17.4 Å². The first-order chi connectivity index (χ1) is 10.8. The van der Waals surface area contributed by atoms with Gasteiger partial charge < -0.3 is 5.32 Å². The highest BCUT2D eigenvalue weighted by Crippen LogP contribution is 2.16. The number of carbonyl (C=O) groups is 1. The molecule has 0 radical (unpaired) electrons. The third kappa shape index (κ3) is 4.65. The van der Waals surface area contributed by atoms with E-state index in [1.165, 1.54) is 22.9 Å². The van der Waals surface area contributed by atoms with Crippen LogP contribution in [0.5, 0.6) is 0 Å². The number of nitrogens with zero attached hydrogens (tertiary/aromatic N) is 2. The van der Waals surface area contributed by atoms with Gasteiger partial charge in [-0.05, 0) is 31.2 Å². The van der Waals surface area contributed by atoms with Gasteiger partial charge in [0.1, 0.15) is 5.69 Å². The van der Waals surface area contributed by atoms with E-state index in [-0.39, 0.29) is 11.3 Å². The molecule has 122 valence electrons. The zero-order valence-electron chi connectivity index (χ0n) is 12.6. The molecule has 2 aromatic rings. The van der Waals surface area contributed by atoms with Crippen LogP contribution in [0, 0.1) is 0 Å². The summed E-state index contributed by atoms with van der Waals surface area (Å²) in [7, 11) is -3.40. The number of aromatic nitrogens is 2. The molecule has 0 bridgehead atoms. The van der Waals surface area contributed by atoms with Crippen molar-refractivity contribution >= 4 is 27.3 Å². The molecule has 0 saturated carbocycles. The van der Waals surface area contributed by atoms with Crippen molar-refractivity contribution in [2.75, 3.05) is 16.3 Å². The number of sulfonamides is 1. The average Bonchev–Trinajstić information content (AvgIpc) is 2.46. The molecule has 1 amide bonds. The standard InChI is InChI=1S/C14H16N4O4S/c1-3-18-13(19)8-7-12(16-18)14(20)15-10-5-4-6-11(9-10)17-23(2,21)22/h4-9,17H,3H2,1-2H3,(H,15,20). The molecule has 0 spiro atoms. The number of anilines is 2. The molecule has 1 heterocycles. The molecule has 23 heavy (non-hydrogen) atoms. The molecule has 9 heteroatoms. The van der Waals surface area contributed by atoms with Crippen LogP contribution in [-0.4, -0.2) is 30.4 Å². The Bertz CT molecular complexity index is 890. The predicted octanol–water partition coefficient (Wildman–Crippen LogP) is 0.887. The Morgan fingerprint density at radius 1 is 1.22 bits per heavy atom. The molecular weight excluding hydrogens is 320 g/mol. The lowest BCUT2D eigenvalue weighted by atomic mass is 10.2. The van der Waals surface area contributed by atoms with Gasteiger partial charge in [0.05, 0.1) is 11.9 Å². The number of nitrogens with one attached hydrogen (secondary N) is 2. The maximum Gasteiger partial charge on any atom is 0.276 e. The molecule has 1 aromatic carbocycles. The molecule has 0 saturated heterocycles.